The molecule has 3 rings (SSSR count). The first kappa shape index (κ1) is 18.5. The molecular weight excluding hydrogens is 376 g/mol. The van der Waals surface area contributed by atoms with Crippen molar-refractivity contribution in [1.29, 1.82) is 0 Å². The second kappa shape index (κ2) is 6.81. The molecule has 0 spiro atoms. The lowest BCUT2D eigenvalue weighted by atomic mass is 10.0. The van der Waals surface area contributed by atoms with E-state index in [1.165, 1.54) is 10.4 Å². The smallest absolute Gasteiger partial charge is 0.307 e. The summed E-state index contributed by atoms with van der Waals surface area (Å²) in [6.07, 6.45) is 1.22. The van der Waals surface area contributed by atoms with Crippen LogP contribution in [0.25, 0.3) is 0 Å². The van der Waals surface area contributed by atoms with Gasteiger partial charge in [-0.15, -0.1) is 0 Å². The summed E-state index contributed by atoms with van der Waals surface area (Å²) in [5, 5.41) is 9.08. The van der Waals surface area contributed by atoms with Gasteiger partial charge in [-0.2, -0.15) is 0 Å². The fourth-order valence-electron chi connectivity index (χ4n) is 3.16. The zero-order valence-electron chi connectivity index (χ0n) is 14.2. The number of anilines is 2. The van der Waals surface area contributed by atoms with Crippen LogP contribution in [-0.4, -0.2) is 26.0 Å². The number of nitrogens with zero attached hydrogens (tertiary/aromatic N) is 1. The SMILES string of the molecule is Cc1ccc(Cl)c(S(=O)(=O)N2CCCc3ccc(CC(=O)O)cc32)c1N. The Morgan fingerprint density at radius 3 is 2.73 bits per heavy atom. The highest BCUT2D eigenvalue weighted by Gasteiger charge is 2.33. The molecule has 0 radical (unpaired) electrons. The van der Waals surface area contributed by atoms with Gasteiger partial charge in [0.2, 0.25) is 0 Å². The zero-order chi connectivity index (χ0) is 19.1. The van der Waals surface area contributed by atoms with Crippen molar-refractivity contribution in [2.24, 2.45) is 0 Å². The molecule has 0 atom stereocenters. The third kappa shape index (κ3) is 3.24. The van der Waals surface area contributed by atoms with Crippen LogP contribution in [0.2, 0.25) is 5.02 Å². The average molecular weight is 395 g/mol. The number of carboxylic acid groups (broad SMARTS) is 1. The number of aryl methyl sites for hydroxylation is 2. The van der Waals surface area contributed by atoms with Crippen LogP contribution < -0.4 is 10.0 Å². The minimum absolute atomic E-state index is 0.0712. The van der Waals surface area contributed by atoms with Gasteiger partial charge in [-0.3, -0.25) is 9.10 Å². The molecule has 0 aromatic heterocycles. The van der Waals surface area contributed by atoms with Crippen molar-refractivity contribution >= 4 is 39.0 Å². The number of hydrogen-bond acceptors (Lipinski definition) is 4. The number of halogens is 1. The predicted octanol–water partition coefficient (Wildman–Crippen LogP) is 3.00. The second-order valence-corrected chi connectivity index (χ2v) is 8.53. The summed E-state index contributed by atoms with van der Waals surface area (Å²) in [4.78, 5) is 10.9. The number of carbonyl (C=O) groups is 1. The standard InChI is InChI=1S/C18H19ClN2O4S/c1-11-4-7-14(19)18(17(11)20)26(24,25)21-8-2-3-13-6-5-12(9-15(13)21)10-16(22)23/h4-7,9H,2-3,8,10,20H2,1H3,(H,22,23). The van der Waals surface area contributed by atoms with Crippen LogP contribution in [0.3, 0.4) is 0 Å². The molecule has 138 valence electrons. The molecule has 3 N–H and O–H groups in total. The molecule has 0 saturated heterocycles. The second-order valence-electron chi connectivity index (χ2n) is 6.32. The summed E-state index contributed by atoms with van der Waals surface area (Å²) in [5.41, 5.74) is 8.68. The van der Waals surface area contributed by atoms with E-state index in [0.717, 1.165) is 12.0 Å². The van der Waals surface area contributed by atoms with E-state index >= 15 is 0 Å². The van der Waals surface area contributed by atoms with E-state index in [2.05, 4.69) is 0 Å². The Labute approximate surface area is 157 Å². The summed E-state index contributed by atoms with van der Waals surface area (Å²) >= 11 is 6.17. The van der Waals surface area contributed by atoms with Gasteiger partial charge in [0, 0.05) is 6.54 Å². The third-order valence-electron chi connectivity index (χ3n) is 4.50. The first-order valence-corrected chi connectivity index (χ1v) is 9.94. The van der Waals surface area contributed by atoms with E-state index in [4.69, 9.17) is 22.4 Å². The summed E-state index contributed by atoms with van der Waals surface area (Å²) in [6, 6.07) is 8.32. The summed E-state index contributed by atoms with van der Waals surface area (Å²) < 4.78 is 27.9. The summed E-state index contributed by atoms with van der Waals surface area (Å²) in [6.45, 7) is 2.01. The molecule has 8 heteroatoms. The van der Waals surface area contributed by atoms with Crippen LogP contribution in [0, 0.1) is 6.92 Å². The Bertz CT molecular complexity index is 989. The van der Waals surface area contributed by atoms with E-state index in [1.807, 2.05) is 0 Å². The highest BCUT2D eigenvalue weighted by atomic mass is 35.5. The zero-order valence-corrected chi connectivity index (χ0v) is 15.8. The molecule has 26 heavy (non-hydrogen) atoms. The maximum Gasteiger partial charge on any atom is 0.307 e. The van der Waals surface area contributed by atoms with Gasteiger partial charge >= 0.3 is 5.97 Å². The van der Waals surface area contributed by atoms with Gasteiger partial charge in [0.1, 0.15) is 4.90 Å². The van der Waals surface area contributed by atoms with E-state index in [-0.39, 0.29) is 28.6 Å². The molecule has 0 aliphatic carbocycles. The first-order valence-electron chi connectivity index (χ1n) is 8.12. The minimum atomic E-state index is -3.98. The Morgan fingerprint density at radius 2 is 2.04 bits per heavy atom. The number of carboxylic acids is 1. The largest absolute Gasteiger partial charge is 0.481 e. The Kier molecular flexibility index (Phi) is 4.86. The number of nitrogen functional groups attached to an aromatic ring is 1. The van der Waals surface area contributed by atoms with Gasteiger partial charge in [-0.05, 0) is 48.6 Å². The molecule has 0 bridgehead atoms. The van der Waals surface area contributed by atoms with Gasteiger partial charge in [0.05, 0.1) is 22.8 Å². The molecule has 1 heterocycles. The molecule has 1 aliphatic heterocycles. The number of hydrogen-bond donors (Lipinski definition) is 2. The van der Waals surface area contributed by atoms with Gasteiger partial charge in [-0.1, -0.05) is 29.8 Å². The average Bonchev–Trinajstić information content (AvgIpc) is 2.57. The lowest BCUT2D eigenvalue weighted by molar-refractivity contribution is -0.136. The fraction of sp³-hybridized carbons (Fsp3) is 0.278. The first-order chi connectivity index (χ1) is 12.2. The molecular formula is C18H19ClN2O4S. The number of fused-ring (bicyclic) bond motifs is 1. The number of nitrogens with two attached hydrogens (primary N) is 1. The molecule has 1 aliphatic rings. The maximum absolute atomic E-state index is 13.3. The van der Waals surface area contributed by atoms with Gasteiger partial charge in [0.15, 0.2) is 0 Å². The Hall–Kier alpha value is -2.25. The molecule has 2 aromatic rings. The number of aliphatic carboxylic acids is 1. The van der Waals surface area contributed by atoms with E-state index in [0.29, 0.717) is 23.2 Å². The molecule has 0 unspecified atom stereocenters. The highest BCUT2D eigenvalue weighted by Crippen LogP contribution is 2.38. The topological polar surface area (TPSA) is 101 Å². The van der Waals surface area contributed by atoms with E-state index < -0.39 is 16.0 Å². The van der Waals surface area contributed by atoms with Crippen molar-refractivity contribution in [3.63, 3.8) is 0 Å². The van der Waals surface area contributed by atoms with Crippen molar-refractivity contribution in [3.8, 4) is 0 Å². The normalized spacial score (nSPS) is 14.2. The van der Waals surface area contributed by atoms with Gasteiger partial charge < -0.3 is 10.8 Å². The van der Waals surface area contributed by atoms with Crippen molar-refractivity contribution < 1.29 is 18.3 Å². The molecule has 0 saturated carbocycles. The third-order valence-corrected chi connectivity index (χ3v) is 6.84. The van der Waals surface area contributed by atoms with Crippen LogP contribution in [0.15, 0.2) is 35.2 Å². The van der Waals surface area contributed by atoms with E-state index in [9.17, 15) is 13.2 Å². The Balaban J connectivity index is 2.14. The van der Waals surface area contributed by atoms with Crippen LogP contribution in [-0.2, 0) is 27.7 Å². The van der Waals surface area contributed by atoms with Crippen molar-refractivity contribution in [1.82, 2.24) is 0 Å². The van der Waals surface area contributed by atoms with Crippen LogP contribution in [0.5, 0.6) is 0 Å². The lowest BCUT2D eigenvalue weighted by Crippen LogP contribution is -2.36. The highest BCUT2D eigenvalue weighted by molar-refractivity contribution is 7.93. The van der Waals surface area contributed by atoms with E-state index in [1.54, 1.807) is 31.2 Å². The minimum Gasteiger partial charge on any atom is -0.481 e. The number of rotatable bonds is 4. The molecule has 0 amide bonds. The van der Waals surface area contributed by atoms with Gasteiger partial charge in [0.25, 0.3) is 10.0 Å². The fourth-order valence-corrected chi connectivity index (χ4v) is 5.39. The lowest BCUT2D eigenvalue weighted by Gasteiger charge is -2.31. The molecule has 6 nitrogen and oxygen atoms in total. The van der Waals surface area contributed by atoms with Crippen molar-refractivity contribution in [3.05, 3.63) is 52.0 Å². The van der Waals surface area contributed by atoms with Crippen molar-refractivity contribution in [2.45, 2.75) is 31.1 Å². The monoisotopic (exact) mass is 394 g/mol. The van der Waals surface area contributed by atoms with Gasteiger partial charge in [-0.25, -0.2) is 8.42 Å². The van der Waals surface area contributed by atoms with Crippen molar-refractivity contribution in [2.75, 3.05) is 16.6 Å². The van der Waals surface area contributed by atoms with Crippen LogP contribution in [0.4, 0.5) is 11.4 Å². The summed E-state index contributed by atoms with van der Waals surface area (Å²) in [7, 11) is -3.98. The quantitative estimate of drug-likeness (QED) is 0.776. The Morgan fingerprint density at radius 1 is 1.31 bits per heavy atom. The number of sulfonamides is 1. The number of benzene rings is 2. The van der Waals surface area contributed by atoms with Crippen LogP contribution in [0.1, 0.15) is 23.1 Å². The summed E-state index contributed by atoms with van der Waals surface area (Å²) in [5.74, 6) is -0.971. The molecule has 2 aromatic carbocycles. The molecule has 0 fully saturated rings. The predicted molar refractivity (Wildman–Crippen MR) is 101 cm³/mol. The maximum atomic E-state index is 13.3. The van der Waals surface area contributed by atoms with Crippen LogP contribution >= 0.6 is 11.6 Å².